The van der Waals surface area contributed by atoms with Crippen molar-refractivity contribution in [1.29, 1.82) is 0 Å². The molecule has 8 heteroatoms. The third-order valence-electron chi connectivity index (χ3n) is 4.19. The summed E-state index contributed by atoms with van der Waals surface area (Å²) < 4.78 is 27.7. The first kappa shape index (κ1) is 14.8. The Balaban J connectivity index is 1.87. The topological polar surface area (TPSA) is 77.9 Å². The lowest BCUT2D eigenvalue weighted by atomic mass is 10.1. The highest BCUT2D eigenvalue weighted by Gasteiger charge is 2.47. The molecule has 6 nitrogen and oxygen atoms in total. The van der Waals surface area contributed by atoms with Crippen molar-refractivity contribution in [1.82, 2.24) is 9.21 Å². The molecule has 0 bridgehead atoms. The molecule has 1 amide bonds. The Labute approximate surface area is 131 Å². The molecule has 2 fully saturated rings. The van der Waals surface area contributed by atoms with Crippen LogP contribution in [0, 0.1) is 5.92 Å². The van der Waals surface area contributed by atoms with Gasteiger partial charge in [-0.05, 0) is 36.6 Å². The smallest absolute Gasteiger partial charge is 0.407 e. The molecule has 2 heterocycles. The van der Waals surface area contributed by atoms with E-state index in [0.29, 0.717) is 19.5 Å². The zero-order valence-electron chi connectivity index (χ0n) is 11.1. The van der Waals surface area contributed by atoms with Crippen molar-refractivity contribution in [3.8, 4) is 0 Å². The van der Waals surface area contributed by atoms with Gasteiger partial charge in [-0.25, -0.2) is 13.2 Å². The van der Waals surface area contributed by atoms with Gasteiger partial charge in [0, 0.05) is 30.1 Å². The molecule has 0 saturated carbocycles. The Hall–Kier alpha value is -1.12. The molecular formula is C13H15BrN2O4S. The molecule has 2 atom stereocenters. The summed E-state index contributed by atoms with van der Waals surface area (Å²) in [6.45, 7) is 1.14. The van der Waals surface area contributed by atoms with Crippen LogP contribution in [0.2, 0.25) is 0 Å². The molecule has 1 N–H and O–H groups in total. The fourth-order valence-electron chi connectivity index (χ4n) is 3.12. The third kappa shape index (κ3) is 2.56. The van der Waals surface area contributed by atoms with Crippen LogP contribution >= 0.6 is 15.9 Å². The van der Waals surface area contributed by atoms with Crippen LogP contribution in [0.5, 0.6) is 0 Å². The lowest BCUT2D eigenvalue weighted by molar-refractivity contribution is 0.151. The summed E-state index contributed by atoms with van der Waals surface area (Å²) >= 11 is 3.28. The van der Waals surface area contributed by atoms with Gasteiger partial charge >= 0.3 is 6.09 Å². The fraction of sp³-hybridized carbons (Fsp3) is 0.462. The maximum atomic E-state index is 12.7. The summed E-state index contributed by atoms with van der Waals surface area (Å²) in [5.41, 5.74) is 0. The summed E-state index contributed by atoms with van der Waals surface area (Å²) in [5.74, 6) is 0.103. The summed E-state index contributed by atoms with van der Waals surface area (Å²) in [4.78, 5) is 12.6. The van der Waals surface area contributed by atoms with Crippen molar-refractivity contribution >= 4 is 32.0 Å². The number of carboxylic acid groups (broad SMARTS) is 1. The molecule has 1 aromatic carbocycles. The van der Waals surface area contributed by atoms with E-state index in [-0.39, 0.29) is 23.4 Å². The quantitative estimate of drug-likeness (QED) is 0.856. The number of carbonyl (C=O) groups is 1. The molecule has 0 spiro atoms. The zero-order chi connectivity index (χ0) is 15.2. The molecule has 2 unspecified atom stereocenters. The van der Waals surface area contributed by atoms with E-state index in [0.717, 1.165) is 4.47 Å². The van der Waals surface area contributed by atoms with Gasteiger partial charge in [0.15, 0.2) is 0 Å². The van der Waals surface area contributed by atoms with Crippen LogP contribution in [0.1, 0.15) is 6.42 Å². The minimum absolute atomic E-state index is 0.103. The molecule has 0 radical (unpaired) electrons. The van der Waals surface area contributed by atoms with Crippen molar-refractivity contribution in [2.45, 2.75) is 17.4 Å². The van der Waals surface area contributed by atoms with E-state index in [1.54, 1.807) is 24.3 Å². The average molecular weight is 375 g/mol. The Morgan fingerprint density at radius 3 is 2.52 bits per heavy atom. The van der Waals surface area contributed by atoms with Crippen LogP contribution in [0.25, 0.3) is 0 Å². The number of hydrogen-bond acceptors (Lipinski definition) is 3. The number of sulfonamides is 1. The van der Waals surface area contributed by atoms with Crippen molar-refractivity contribution in [2.24, 2.45) is 5.92 Å². The largest absolute Gasteiger partial charge is 0.465 e. The van der Waals surface area contributed by atoms with E-state index in [2.05, 4.69) is 15.9 Å². The number of nitrogens with zero attached hydrogens (tertiary/aromatic N) is 2. The predicted molar refractivity (Wildman–Crippen MR) is 79.5 cm³/mol. The molecule has 114 valence electrons. The molecule has 0 aliphatic carbocycles. The Morgan fingerprint density at radius 2 is 1.90 bits per heavy atom. The van der Waals surface area contributed by atoms with Crippen LogP contribution < -0.4 is 0 Å². The lowest BCUT2D eigenvalue weighted by Crippen LogP contribution is -2.40. The Bertz CT molecular complexity index is 661. The van der Waals surface area contributed by atoms with Gasteiger partial charge in [0.2, 0.25) is 10.0 Å². The minimum atomic E-state index is -3.57. The first-order valence-electron chi connectivity index (χ1n) is 6.65. The standard InChI is InChI=1S/C13H15BrN2O4S/c14-10-1-3-11(4-2-10)21(19,20)16-6-5-9-7-15(13(17)18)8-12(9)16/h1-4,9,12H,5-8H2,(H,17,18). The number of fused-ring (bicyclic) bond motifs is 1. The molecule has 0 aromatic heterocycles. The predicted octanol–water partition coefficient (Wildman–Crippen LogP) is 1.82. The van der Waals surface area contributed by atoms with Crippen molar-refractivity contribution in [3.63, 3.8) is 0 Å². The highest BCUT2D eigenvalue weighted by Crippen LogP contribution is 2.35. The van der Waals surface area contributed by atoms with Gasteiger partial charge in [0.05, 0.1) is 4.90 Å². The van der Waals surface area contributed by atoms with Crippen LogP contribution in [-0.2, 0) is 10.0 Å². The number of amides is 1. The van der Waals surface area contributed by atoms with Gasteiger partial charge in [-0.1, -0.05) is 15.9 Å². The van der Waals surface area contributed by atoms with E-state index in [1.165, 1.54) is 9.21 Å². The van der Waals surface area contributed by atoms with E-state index >= 15 is 0 Å². The normalized spacial score (nSPS) is 26.0. The highest BCUT2D eigenvalue weighted by atomic mass is 79.9. The van der Waals surface area contributed by atoms with E-state index in [4.69, 9.17) is 5.11 Å². The maximum Gasteiger partial charge on any atom is 0.407 e. The number of hydrogen-bond donors (Lipinski definition) is 1. The molecule has 1 aromatic rings. The van der Waals surface area contributed by atoms with Gasteiger partial charge in [-0.15, -0.1) is 0 Å². The van der Waals surface area contributed by atoms with Gasteiger partial charge in [-0.3, -0.25) is 0 Å². The third-order valence-corrected chi connectivity index (χ3v) is 6.65. The molecule has 21 heavy (non-hydrogen) atoms. The number of benzene rings is 1. The summed E-state index contributed by atoms with van der Waals surface area (Å²) in [5, 5.41) is 9.06. The number of likely N-dealkylation sites (tertiary alicyclic amines) is 1. The SMILES string of the molecule is O=C(O)N1CC2CCN(S(=O)(=O)c3ccc(Br)cc3)C2C1. The Kier molecular flexibility index (Phi) is 3.71. The van der Waals surface area contributed by atoms with Gasteiger partial charge in [-0.2, -0.15) is 4.31 Å². The first-order valence-corrected chi connectivity index (χ1v) is 8.88. The van der Waals surface area contributed by atoms with E-state index < -0.39 is 16.1 Å². The van der Waals surface area contributed by atoms with Crippen LogP contribution in [0.3, 0.4) is 0 Å². The fourth-order valence-corrected chi connectivity index (χ4v) is 5.08. The van der Waals surface area contributed by atoms with Crippen LogP contribution in [0.15, 0.2) is 33.6 Å². The average Bonchev–Trinajstić information content (AvgIpc) is 2.98. The van der Waals surface area contributed by atoms with Gasteiger partial charge in [0.1, 0.15) is 0 Å². The molecule has 3 rings (SSSR count). The Morgan fingerprint density at radius 1 is 1.24 bits per heavy atom. The van der Waals surface area contributed by atoms with Crippen molar-refractivity contribution < 1.29 is 18.3 Å². The second kappa shape index (κ2) is 5.26. The molecular weight excluding hydrogens is 360 g/mol. The number of rotatable bonds is 2. The number of halogens is 1. The first-order chi connectivity index (χ1) is 9.89. The molecule has 2 aliphatic rings. The van der Waals surface area contributed by atoms with Crippen molar-refractivity contribution in [2.75, 3.05) is 19.6 Å². The van der Waals surface area contributed by atoms with Crippen molar-refractivity contribution in [3.05, 3.63) is 28.7 Å². The maximum absolute atomic E-state index is 12.7. The minimum Gasteiger partial charge on any atom is -0.465 e. The van der Waals surface area contributed by atoms with E-state index in [9.17, 15) is 13.2 Å². The second-order valence-electron chi connectivity index (χ2n) is 5.37. The van der Waals surface area contributed by atoms with Crippen LogP contribution in [-0.4, -0.2) is 54.5 Å². The summed E-state index contributed by atoms with van der Waals surface area (Å²) in [6, 6.07) is 6.28. The summed E-state index contributed by atoms with van der Waals surface area (Å²) in [7, 11) is -3.57. The molecule has 2 saturated heterocycles. The summed E-state index contributed by atoms with van der Waals surface area (Å²) in [6.07, 6.45) is -0.269. The van der Waals surface area contributed by atoms with Crippen LogP contribution in [0.4, 0.5) is 4.79 Å². The second-order valence-corrected chi connectivity index (χ2v) is 8.18. The van der Waals surface area contributed by atoms with E-state index in [1.807, 2.05) is 0 Å². The monoisotopic (exact) mass is 374 g/mol. The van der Waals surface area contributed by atoms with Gasteiger partial charge in [0.25, 0.3) is 0 Å². The lowest BCUT2D eigenvalue weighted by Gasteiger charge is -2.23. The molecule has 2 aliphatic heterocycles. The highest BCUT2D eigenvalue weighted by molar-refractivity contribution is 9.10. The van der Waals surface area contributed by atoms with Gasteiger partial charge < -0.3 is 10.0 Å². The zero-order valence-corrected chi connectivity index (χ0v) is 13.5.